The van der Waals surface area contributed by atoms with Gasteiger partial charge >= 0.3 is 0 Å². The maximum atomic E-state index is 11.9. The first kappa shape index (κ1) is 17.0. The van der Waals surface area contributed by atoms with Crippen LogP contribution in [0.1, 0.15) is 28.6 Å². The van der Waals surface area contributed by atoms with E-state index in [9.17, 15) is 9.59 Å². The second-order valence-electron chi connectivity index (χ2n) is 5.05. The van der Waals surface area contributed by atoms with Gasteiger partial charge in [-0.05, 0) is 36.1 Å². The molecule has 0 radical (unpaired) electrons. The summed E-state index contributed by atoms with van der Waals surface area (Å²) >= 11 is 1.61. The molecule has 2 aromatic rings. The highest BCUT2D eigenvalue weighted by molar-refractivity contribution is 7.09. The lowest BCUT2D eigenvalue weighted by Gasteiger charge is -2.09. The summed E-state index contributed by atoms with van der Waals surface area (Å²) in [5.74, 6) is -0.183. The van der Waals surface area contributed by atoms with Crippen LogP contribution in [0, 0.1) is 0 Å². The second kappa shape index (κ2) is 8.95. The first-order chi connectivity index (χ1) is 11.2. The molecule has 1 aromatic carbocycles. The van der Waals surface area contributed by atoms with Gasteiger partial charge in [-0.15, -0.1) is 11.3 Å². The fourth-order valence-electron chi connectivity index (χ4n) is 1.95. The summed E-state index contributed by atoms with van der Waals surface area (Å²) in [6.45, 7) is 3.37. The van der Waals surface area contributed by atoms with E-state index < -0.39 is 0 Å². The number of amides is 2. The molecule has 1 heterocycles. The topological polar surface area (TPSA) is 70.2 Å². The van der Waals surface area contributed by atoms with E-state index in [1.165, 1.54) is 0 Å². The summed E-state index contributed by atoms with van der Waals surface area (Å²) in [5, 5.41) is 10.7. The van der Waals surface area contributed by atoms with Crippen molar-refractivity contribution in [2.24, 2.45) is 0 Å². The number of benzene rings is 1. The van der Waals surface area contributed by atoms with Gasteiger partial charge in [-0.1, -0.05) is 19.1 Å². The normalized spacial score (nSPS) is 10.1. The highest BCUT2D eigenvalue weighted by Gasteiger charge is 2.06. The van der Waals surface area contributed by atoms with Gasteiger partial charge in [-0.3, -0.25) is 9.59 Å². The molecule has 0 aliphatic rings. The first-order valence-corrected chi connectivity index (χ1v) is 8.48. The van der Waals surface area contributed by atoms with E-state index in [0.717, 1.165) is 17.0 Å². The number of hydrogen-bond acceptors (Lipinski definition) is 4. The fraction of sp³-hybridized carbons (Fsp3) is 0.294. The molecule has 0 saturated heterocycles. The van der Waals surface area contributed by atoms with Crippen LogP contribution in [0.25, 0.3) is 0 Å². The van der Waals surface area contributed by atoms with Crippen molar-refractivity contribution in [2.75, 3.05) is 18.4 Å². The zero-order valence-electron chi connectivity index (χ0n) is 13.1. The van der Waals surface area contributed by atoms with Crippen LogP contribution in [0.2, 0.25) is 0 Å². The van der Waals surface area contributed by atoms with Crippen molar-refractivity contribution in [3.05, 3.63) is 52.2 Å². The molecule has 0 unspecified atom stereocenters. The summed E-state index contributed by atoms with van der Waals surface area (Å²) in [4.78, 5) is 24.9. The van der Waals surface area contributed by atoms with E-state index in [1.807, 2.05) is 30.5 Å². The van der Waals surface area contributed by atoms with E-state index in [0.29, 0.717) is 18.7 Å². The Balaban J connectivity index is 1.80. The van der Waals surface area contributed by atoms with Gasteiger partial charge in [0.2, 0.25) is 5.91 Å². The number of carbonyl (C=O) groups excluding carboxylic acids is 2. The molecule has 0 saturated carbocycles. The van der Waals surface area contributed by atoms with Crippen LogP contribution in [0.4, 0.5) is 5.69 Å². The SMILES string of the molecule is CCCNC(=O)c1cccc(NCC(=O)NCc2cccs2)c1. The molecule has 2 amide bonds. The van der Waals surface area contributed by atoms with Gasteiger partial charge in [0.25, 0.3) is 5.91 Å². The molecule has 0 spiro atoms. The fourth-order valence-corrected chi connectivity index (χ4v) is 2.60. The second-order valence-corrected chi connectivity index (χ2v) is 6.08. The Morgan fingerprint density at radius 2 is 2.00 bits per heavy atom. The number of nitrogens with one attached hydrogen (secondary N) is 3. The molecule has 3 N–H and O–H groups in total. The molecule has 23 heavy (non-hydrogen) atoms. The van der Waals surface area contributed by atoms with Gasteiger partial charge in [0.1, 0.15) is 0 Å². The average molecular weight is 331 g/mol. The predicted octanol–water partition coefficient (Wildman–Crippen LogP) is 2.62. The van der Waals surface area contributed by atoms with E-state index in [4.69, 9.17) is 0 Å². The van der Waals surface area contributed by atoms with Gasteiger partial charge in [0.15, 0.2) is 0 Å². The molecule has 0 aliphatic heterocycles. The number of anilines is 1. The van der Waals surface area contributed by atoms with E-state index in [2.05, 4.69) is 16.0 Å². The number of carbonyl (C=O) groups is 2. The van der Waals surface area contributed by atoms with Gasteiger partial charge in [0, 0.05) is 22.7 Å². The largest absolute Gasteiger partial charge is 0.376 e. The van der Waals surface area contributed by atoms with Gasteiger partial charge < -0.3 is 16.0 Å². The first-order valence-electron chi connectivity index (χ1n) is 7.60. The Kier molecular flexibility index (Phi) is 6.62. The van der Waals surface area contributed by atoms with Gasteiger partial charge in [-0.2, -0.15) is 0 Å². The highest BCUT2D eigenvalue weighted by Crippen LogP contribution is 2.10. The van der Waals surface area contributed by atoms with Crippen molar-refractivity contribution >= 4 is 28.8 Å². The number of rotatable bonds is 8. The molecule has 2 rings (SSSR count). The van der Waals surface area contributed by atoms with Crippen LogP contribution in [-0.4, -0.2) is 24.9 Å². The van der Waals surface area contributed by atoms with Crippen LogP contribution in [0.15, 0.2) is 41.8 Å². The third kappa shape index (κ3) is 5.75. The minimum absolute atomic E-state index is 0.0840. The quantitative estimate of drug-likeness (QED) is 0.696. The van der Waals surface area contributed by atoms with Gasteiger partial charge in [-0.25, -0.2) is 0 Å². The lowest BCUT2D eigenvalue weighted by Crippen LogP contribution is -2.29. The lowest BCUT2D eigenvalue weighted by molar-refractivity contribution is -0.119. The predicted molar refractivity (Wildman–Crippen MR) is 93.7 cm³/mol. The number of hydrogen-bond donors (Lipinski definition) is 3. The zero-order valence-corrected chi connectivity index (χ0v) is 13.9. The summed E-state index contributed by atoms with van der Waals surface area (Å²) in [5.41, 5.74) is 1.34. The Morgan fingerprint density at radius 1 is 1.13 bits per heavy atom. The average Bonchev–Trinajstić information content (AvgIpc) is 3.09. The van der Waals surface area contributed by atoms with Crippen LogP contribution >= 0.6 is 11.3 Å². The maximum Gasteiger partial charge on any atom is 0.251 e. The molecule has 0 aliphatic carbocycles. The lowest BCUT2D eigenvalue weighted by atomic mass is 10.2. The number of thiophene rings is 1. The smallest absolute Gasteiger partial charge is 0.251 e. The van der Waals surface area contributed by atoms with Crippen LogP contribution in [0.3, 0.4) is 0 Å². The molecule has 122 valence electrons. The minimum Gasteiger partial charge on any atom is -0.376 e. The van der Waals surface area contributed by atoms with Crippen LogP contribution < -0.4 is 16.0 Å². The Labute approximate surface area is 140 Å². The minimum atomic E-state index is -0.0994. The third-order valence-corrected chi connectivity index (χ3v) is 4.03. The van der Waals surface area contributed by atoms with Crippen molar-refractivity contribution in [1.82, 2.24) is 10.6 Å². The molecular formula is C17H21N3O2S. The van der Waals surface area contributed by atoms with Crippen molar-refractivity contribution in [3.8, 4) is 0 Å². The Morgan fingerprint density at radius 3 is 2.74 bits per heavy atom. The monoisotopic (exact) mass is 331 g/mol. The van der Waals surface area contributed by atoms with E-state index in [1.54, 1.807) is 29.5 Å². The van der Waals surface area contributed by atoms with Crippen molar-refractivity contribution < 1.29 is 9.59 Å². The zero-order chi connectivity index (χ0) is 16.5. The summed E-state index contributed by atoms with van der Waals surface area (Å²) in [6.07, 6.45) is 0.897. The standard InChI is InChI=1S/C17H21N3O2S/c1-2-8-18-17(22)13-5-3-6-14(10-13)19-12-16(21)20-11-15-7-4-9-23-15/h3-7,9-10,19H,2,8,11-12H2,1H3,(H,18,22)(H,20,21). The molecular weight excluding hydrogens is 310 g/mol. The Hall–Kier alpha value is -2.34. The molecule has 1 aromatic heterocycles. The summed E-state index contributed by atoms with van der Waals surface area (Å²) in [7, 11) is 0. The summed E-state index contributed by atoms with van der Waals surface area (Å²) < 4.78 is 0. The van der Waals surface area contributed by atoms with Crippen LogP contribution in [0.5, 0.6) is 0 Å². The molecule has 0 atom stereocenters. The summed E-state index contributed by atoms with van der Waals surface area (Å²) in [6, 6.07) is 11.1. The van der Waals surface area contributed by atoms with Crippen molar-refractivity contribution in [3.63, 3.8) is 0 Å². The van der Waals surface area contributed by atoms with Gasteiger partial charge in [0.05, 0.1) is 13.1 Å². The molecule has 5 nitrogen and oxygen atoms in total. The molecule has 6 heteroatoms. The van der Waals surface area contributed by atoms with Crippen LogP contribution in [-0.2, 0) is 11.3 Å². The molecule has 0 fully saturated rings. The maximum absolute atomic E-state index is 11.9. The highest BCUT2D eigenvalue weighted by atomic mass is 32.1. The third-order valence-electron chi connectivity index (χ3n) is 3.15. The Bertz CT molecular complexity index is 641. The van der Waals surface area contributed by atoms with Crippen molar-refractivity contribution in [1.29, 1.82) is 0 Å². The van der Waals surface area contributed by atoms with E-state index >= 15 is 0 Å². The molecule has 0 bridgehead atoms. The van der Waals surface area contributed by atoms with Crippen molar-refractivity contribution in [2.45, 2.75) is 19.9 Å². The van der Waals surface area contributed by atoms with E-state index in [-0.39, 0.29) is 18.4 Å².